The molecule has 0 bridgehead atoms. The van der Waals surface area contributed by atoms with Gasteiger partial charge in [-0.15, -0.1) is 0 Å². The zero-order valence-corrected chi connectivity index (χ0v) is 11.5. The molecular weight excluding hydrogens is 268 g/mol. The van der Waals surface area contributed by atoms with Crippen LogP contribution in [0.3, 0.4) is 0 Å². The van der Waals surface area contributed by atoms with E-state index in [4.69, 9.17) is 14.6 Å². The standard InChI is InChI=1S/C17H16O4/c18-17(19)14-6-2-4-8-16(14)21-11-12-9-10-20-15-7-3-1-5-13(12)15/h1-8,12H,9-11H2,(H,18,19). The second-order valence-corrected chi connectivity index (χ2v) is 4.98. The lowest BCUT2D eigenvalue weighted by molar-refractivity contribution is 0.0691. The molecule has 4 nitrogen and oxygen atoms in total. The highest BCUT2D eigenvalue weighted by molar-refractivity contribution is 5.90. The highest BCUT2D eigenvalue weighted by atomic mass is 16.5. The largest absolute Gasteiger partial charge is 0.493 e. The molecule has 2 aromatic rings. The van der Waals surface area contributed by atoms with E-state index in [1.165, 1.54) is 0 Å². The van der Waals surface area contributed by atoms with Crippen molar-refractivity contribution in [3.8, 4) is 11.5 Å². The van der Waals surface area contributed by atoms with Gasteiger partial charge in [0.15, 0.2) is 0 Å². The quantitative estimate of drug-likeness (QED) is 0.935. The summed E-state index contributed by atoms with van der Waals surface area (Å²) in [5, 5.41) is 9.16. The third kappa shape index (κ3) is 2.84. The monoisotopic (exact) mass is 284 g/mol. The second kappa shape index (κ2) is 5.87. The van der Waals surface area contributed by atoms with Crippen molar-refractivity contribution in [1.82, 2.24) is 0 Å². The molecule has 4 heteroatoms. The van der Waals surface area contributed by atoms with Crippen LogP contribution in [0.25, 0.3) is 0 Å². The highest BCUT2D eigenvalue weighted by Crippen LogP contribution is 2.34. The van der Waals surface area contributed by atoms with Gasteiger partial charge in [-0.05, 0) is 24.6 Å². The summed E-state index contributed by atoms with van der Waals surface area (Å²) in [5.41, 5.74) is 1.31. The smallest absolute Gasteiger partial charge is 0.339 e. The number of para-hydroxylation sites is 2. The van der Waals surface area contributed by atoms with Gasteiger partial charge in [0.1, 0.15) is 17.1 Å². The van der Waals surface area contributed by atoms with E-state index in [2.05, 4.69) is 0 Å². The van der Waals surface area contributed by atoms with Crippen molar-refractivity contribution in [3.63, 3.8) is 0 Å². The minimum Gasteiger partial charge on any atom is -0.493 e. The van der Waals surface area contributed by atoms with Gasteiger partial charge in [0.25, 0.3) is 0 Å². The molecule has 0 aromatic heterocycles. The predicted octanol–water partition coefficient (Wildman–Crippen LogP) is 3.33. The van der Waals surface area contributed by atoms with Crippen molar-refractivity contribution in [3.05, 3.63) is 59.7 Å². The molecule has 3 rings (SSSR count). The highest BCUT2D eigenvalue weighted by Gasteiger charge is 2.22. The third-order valence-corrected chi connectivity index (χ3v) is 3.64. The molecule has 1 N–H and O–H groups in total. The van der Waals surface area contributed by atoms with E-state index >= 15 is 0 Å². The van der Waals surface area contributed by atoms with Crippen LogP contribution in [-0.4, -0.2) is 24.3 Å². The first-order chi connectivity index (χ1) is 10.3. The van der Waals surface area contributed by atoms with Crippen LogP contribution in [0.1, 0.15) is 28.3 Å². The number of rotatable bonds is 4. The molecule has 1 aliphatic rings. The fraction of sp³-hybridized carbons (Fsp3) is 0.235. The van der Waals surface area contributed by atoms with Crippen LogP contribution in [0.5, 0.6) is 11.5 Å². The summed E-state index contributed by atoms with van der Waals surface area (Å²) in [6.07, 6.45) is 0.867. The molecule has 0 fully saturated rings. The molecule has 1 atom stereocenters. The van der Waals surface area contributed by atoms with Gasteiger partial charge in [0.2, 0.25) is 0 Å². The number of hydrogen-bond acceptors (Lipinski definition) is 3. The Morgan fingerprint density at radius 1 is 1.19 bits per heavy atom. The molecule has 108 valence electrons. The molecule has 0 amide bonds. The van der Waals surface area contributed by atoms with E-state index < -0.39 is 5.97 Å². The molecule has 1 unspecified atom stereocenters. The second-order valence-electron chi connectivity index (χ2n) is 4.98. The Hall–Kier alpha value is -2.49. The Kier molecular flexibility index (Phi) is 3.77. The lowest BCUT2D eigenvalue weighted by Gasteiger charge is -2.26. The van der Waals surface area contributed by atoms with E-state index in [-0.39, 0.29) is 11.5 Å². The first-order valence-electron chi connectivity index (χ1n) is 6.92. The topological polar surface area (TPSA) is 55.8 Å². The number of aromatic carboxylic acids is 1. The van der Waals surface area contributed by atoms with Crippen LogP contribution < -0.4 is 9.47 Å². The Labute approximate surface area is 122 Å². The zero-order valence-electron chi connectivity index (χ0n) is 11.5. The van der Waals surface area contributed by atoms with Crippen molar-refractivity contribution < 1.29 is 19.4 Å². The van der Waals surface area contributed by atoms with E-state index in [0.717, 1.165) is 17.7 Å². The van der Waals surface area contributed by atoms with E-state index in [1.54, 1.807) is 24.3 Å². The van der Waals surface area contributed by atoms with Crippen LogP contribution in [0, 0.1) is 0 Å². The summed E-state index contributed by atoms with van der Waals surface area (Å²) in [4.78, 5) is 11.2. The molecule has 0 radical (unpaired) electrons. The van der Waals surface area contributed by atoms with E-state index in [0.29, 0.717) is 19.0 Å². The van der Waals surface area contributed by atoms with Gasteiger partial charge in [-0.1, -0.05) is 30.3 Å². The lowest BCUT2D eigenvalue weighted by atomic mass is 9.94. The van der Waals surface area contributed by atoms with Crippen molar-refractivity contribution in [2.24, 2.45) is 0 Å². The van der Waals surface area contributed by atoms with Gasteiger partial charge in [0, 0.05) is 11.5 Å². The molecule has 2 aromatic carbocycles. The summed E-state index contributed by atoms with van der Waals surface area (Å²) in [6.45, 7) is 1.11. The molecule has 0 saturated carbocycles. The normalized spacial score (nSPS) is 16.7. The number of fused-ring (bicyclic) bond motifs is 1. The fourth-order valence-electron chi connectivity index (χ4n) is 2.55. The Morgan fingerprint density at radius 3 is 2.81 bits per heavy atom. The van der Waals surface area contributed by atoms with Crippen molar-refractivity contribution in [2.75, 3.05) is 13.2 Å². The number of carboxylic acid groups (broad SMARTS) is 1. The Morgan fingerprint density at radius 2 is 1.95 bits per heavy atom. The van der Waals surface area contributed by atoms with Gasteiger partial charge in [0.05, 0.1) is 13.2 Å². The number of ether oxygens (including phenoxy) is 2. The van der Waals surface area contributed by atoms with E-state index in [9.17, 15) is 4.79 Å². The predicted molar refractivity (Wildman–Crippen MR) is 78.2 cm³/mol. The minimum absolute atomic E-state index is 0.192. The maximum atomic E-state index is 11.2. The summed E-state index contributed by atoms with van der Waals surface area (Å²) in [6, 6.07) is 14.6. The maximum Gasteiger partial charge on any atom is 0.339 e. The van der Waals surface area contributed by atoms with Gasteiger partial charge < -0.3 is 14.6 Å². The summed E-state index contributed by atoms with van der Waals surface area (Å²) in [7, 11) is 0. The van der Waals surface area contributed by atoms with Crippen LogP contribution in [0.15, 0.2) is 48.5 Å². The molecule has 1 aliphatic heterocycles. The van der Waals surface area contributed by atoms with Gasteiger partial charge in [-0.3, -0.25) is 0 Å². The maximum absolute atomic E-state index is 11.2. The molecular formula is C17H16O4. The molecule has 21 heavy (non-hydrogen) atoms. The van der Waals surface area contributed by atoms with Crippen molar-refractivity contribution >= 4 is 5.97 Å². The first-order valence-corrected chi connectivity index (χ1v) is 6.92. The summed E-state index contributed by atoms with van der Waals surface area (Å²) in [5.74, 6) is 0.549. The zero-order chi connectivity index (χ0) is 14.7. The average Bonchev–Trinajstić information content (AvgIpc) is 2.53. The SMILES string of the molecule is O=C(O)c1ccccc1OCC1CCOc2ccccc21. The van der Waals surface area contributed by atoms with Crippen molar-refractivity contribution in [1.29, 1.82) is 0 Å². The number of carbonyl (C=O) groups is 1. The fourth-order valence-corrected chi connectivity index (χ4v) is 2.55. The van der Waals surface area contributed by atoms with Crippen LogP contribution >= 0.6 is 0 Å². The number of hydrogen-bond donors (Lipinski definition) is 1. The van der Waals surface area contributed by atoms with Gasteiger partial charge >= 0.3 is 5.97 Å². The van der Waals surface area contributed by atoms with Crippen molar-refractivity contribution in [2.45, 2.75) is 12.3 Å². The lowest BCUT2D eigenvalue weighted by Crippen LogP contribution is -2.20. The summed E-state index contributed by atoms with van der Waals surface area (Å²) < 4.78 is 11.4. The Bertz CT molecular complexity index is 651. The van der Waals surface area contributed by atoms with Crippen LogP contribution in [0.2, 0.25) is 0 Å². The number of benzene rings is 2. The first kappa shape index (κ1) is 13.5. The summed E-state index contributed by atoms with van der Waals surface area (Å²) >= 11 is 0. The number of carboxylic acids is 1. The van der Waals surface area contributed by atoms with E-state index in [1.807, 2.05) is 24.3 Å². The van der Waals surface area contributed by atoms with Gasteiger partial charge in [-0.25, -0.2) is 4.79 Å². The Balaban J connectivity index is 1.76. The molecule has 0 aliphatic carbocycles. The van der Waals surface area contributed by atoms with Crippen LogP contribution in [-0.2, 0) is 0 Å². The van der Waals surface area contributed by atoms with Gasteiger partial charge in [-0.2, -0.15) is 0 Å². The molecule has 0 saturated heterocycles. The third-order valence-electron chi connectivity index (χ3n) is 3.64. The molecule has 1 heterocycles. The van der Waals surface area contributed by atoms with Crippen LogP contribution in [0.4, 0.5) is 0 Å². The average molecular weight is 284 g/mol. The molecule has 0 spiro atoms. The minimum atomic E-state index is -0.974.